The lowest BCUT2D eigenvalue weighted by atomic mass is 10.2. The Hall–Kier alpha value is -2.27. The fourth-order valence-corrected chi connectivity index (χ4v) is 4.88. The van der Waals surface area contributed by atoms with Crippen molar-refractivity contribution in [2.24, 2.45) is 0 Å². The van der Waals surface area contributed by atoms with Gasteiger partial charge >= 0.3 is 6.03 Å². The fourth-order valence-electron chi connectivity index (χ4n) is 3.90. The first-order chi connectivity index (χ1) is 15.6. The number of carbonyl (C=O) groups is 3. The minimum atomic E-state index is -0.0586. The quantitative estimate of drug-likeness (QED) is 0.374. The summed E-state index contributed by atoms with van der Waals surface area (Å²) in [7, 11) is 0. The zero-order chi connectivity index (χ0) is 24.1. The molecule has 2 saturated heterocycles. The molecule has 0 aliphatic carbocycles. The van der Waals surface area contributed by atoms with Gasteiger partial charge in [-0.3, -0.25) is 9.59 Å². The second-order valence-corrected chi connectivity index (χ2v) is 9.93. The van der Waals surface area contributed by atoms with Gasteiger partial charge in [0.2, 0.25) is 11.8 Å². The molecule has 0 radical (unpaired) electrons. The topological polar surface area (TPSA) is 102 Å². The van der Waals surface area contributed by atoms with Gasteiger partial charge in [-0.25, -0.2) is 14.8 Å². The van der Waals surface area contributed by atoms with Crippen LogP contribution in [-0.4, -0.2) is 106 Å². The van der Waals surface area contributed by atoms with E-state index >= 15 is 0 Å². The van der Waals surface area contributed by atoms with Crippen LogP contribution in [0.1, 0.15) is 27.7 Å². The van der Waals surface area contributed by atoms with E-state index in [1.807, 2.05) is 25.7 Å². The third kappa shape index (κ3) is 6.86. The molecule has 4 amide bonds. The lowest BCUT2D eigenvalue weighted by Crippen LogP contribution is -2.57. The molecule has 0 aromatic carbocycles. The number of hydrogen-bond acceptors (Lipinski definition) is 7. The number of hydrogen-bond donors (Lipinski definition) is 1. The molecule has 2 aliphatic rings. The number of nitrogens with zero attached hydrogens (tertiary/aromatic N) is 6. The van der Waals surface area contributed by atoms with Crippen LogP contribution in [0.4, 0.5) is 10.6 Å². The molecule has 10 nitrogen and oxygen atoms in total. The van der Waals surface area contributed by atoms with Crippen LogP contribution in [0, 0.1) is 0 Å². The van der Waals surface area contributed by atoms with Crippen LogP contribution in [-0.2, 0) is 9.59 Å². The van der Waals surface area contributed by atoms with E-state index in [1.165, 1.54) is 11.8 Å². The molecule has 0 spiro atoms. The minimum Gasteiger partial charge on any atom is -0.353 e. The number of nitrogens with one attached hydrogen (secondary N) is 1. The van der Waals surface area contributed by atoms with E-state index in [9.17, 15) is 14.4 Å². The molecular weight excluding hydrogens is 466 g/mol. The molecule has 0 bridgehead atoms. The number of rotatable bonds is 5. The summed E-state index contributed by atoms with van der Waals surface area (Å²) in [6.07, 6.45) is 0. The third-order valence-corrected chi connectivity index (χ3v) is 6.71. The Morgan fingerprint density at radius 3 is 2.39 bits per heavy atom. The number of halogens is 1. The van der Waals surface area contributed by atoms with Gasteiger partial charge in [0.25, 0.3) is 0 Å². The lowest BCUT2D eigenvalue weighted by Gasteiger charge is -2.40. The van der Waals surface area contributed by atoms with Gasteiger partial charge in [0.05, 0.1) is 5.75 Å². The molecule has 12 heteroatoms. The summed E-state index contributed by atoms with van der Waals surface area (Å²) in [6, 6.07) is 1.75. The maximum atomic E-state index is 12.6. The number of anilines is 1. The second-order valence-electron chi connectivity index (χ2n) is 8.60. The largest absolute Gasteiger partial charge is 0.353 e. The van der Waals surface area contributed by atoms with Gasteiger partial charge in [-0.1, -0.05) is 23.4 Å². The molecule has 2 fully saturated rings. The predicted octanol–water partition coefficient (Wildman–Crippen LogP) is 1.54. The molecule has 2 aliphatic heterocycles. The zero-order valence-corrected chi connectivity index (χ0v) is 21.2. The summed E-state index contributed by atoms with van der Waals surface area (Å²) in [5.41, 5.74) is 0. The summed E-state index contributed by atoms with van der Waals surface area (Å²) < 4.78 is 0. The van der Waals surface area contributed by atoms with Crippen LogP contribution >= 0.6 is 23.4 Å². The summed E-state index contributed by atoms with van der Waals surface area (Å²) in [4.78, 5) is 52.8. The van der Waals surface area contributed by atoms with Crippen molar-refractivity contribution < 1.29 is 14.4 Å². The van der Waals surface area contributed by atoms with E-state index in [0.29, 0.717) is 61.9 Å². The molecule has 1 N–H and O–H groups in total. The van der Waals surface area contributed by atoms with E-state index in [2.05, 4.69) is 20.2 Å². The first kappa shape index (κ1) is 25.4. The van der Waals surface area contributed by atoms with Crippen molar-refractivity contribution in [1.29, 1.82) is 0 Å². The Morgan fingerprint density at radius 2 is 1.79 bits per heavy atom. The van der Waals surface area contributed by atoms with E-state index in [0.717, 1.165) is 0 Å². The molecule has 1 unspecified atom stereocenters. The number of amides is 4. The Labute approximate surface area is 204 Å². The standard InChI is InChI=1S/C21H32ClN7O3S/c1-14(2)23-21(32)29-10-9-28(12-15(29)3)18-11-17(22)24-20(25-18)33-13-19(31)27-7-5-26(6-8-27)16(4)30/h11,14-15H,5-10,12-13H2,1-4H3,(H,23,32). The smallest absolute Gasteiger partial charge is 0.317 e. The van der Waals surface area contributed by atoms with Crippen molar-refractivity contribution in [3.63, 3.8) is 0 Å². The second kappa shape index (κ2) is 11.2. The van der Waals surface area contributed by atoms with Crippen molar-refractivity contribution in [3.05, 3.63) is 11.2 Å². The van der Waals surface area contributed by atoms with E-state index < -0.39 is 0 Å². The van der Waals surface area contributed by atoms with Crippen LogP contribution < -0.4 is 10.2 Å². The molecule has 3 rings (SSSR count). The van der Waals surface area contributed by atoms with Gasteiger partial charge in [-0.15, -0.1) is 0 Å². The maximum Gasteiger partial charge on any atom is 0.317 e. The van der Waals surface area contributed by atoms with Crippen LogP contribution in [0.3, 0.4) is 0 Å². The first-order valence-corrected chi connectivity index (χ1v) is 12.5. The Bertz CT molecular complexity index is 879. The van der Waals surface area contributed by atoms with Crippen LogP contribution in [0.5, 0.6) is 0 Å². The number of carbonyl (C=O) groups excluding carboxylic acids is 3. The fraction of sp³-hybridized carbons (Fsp3) is 0.667. The summed E-state index contributed by atoms with van der Waals surface area (Å²) in [5, 5.41) is 3.70. The lowest BCUT2D eigenvalue weighted by molar-refractivity contribution is -0.136. The highest BCUT2D eigenvalue weighted by atomic mass is 35.5. The van der Waals surface area contributed by atoms with Gasteiger partial charge in [0.1, 0.15) is 11.0 Å². The van der Waals surface area contributed by atoms with E-state index in [-0.39, 0.29) is 35.7 Å². The van der Waals surface area contributed by atoms with E-state index in [4.69, 9.17) is 11.6 Å². The minimum absolute atomic E-state index is 0.00766. The van der Waals surface area contributed by atoms with Crippen LogP contribution in [0.15, 0.2) is 11.2 Å². The Kier molecular flexibility index (Phi) is 8.63. The molecule has 3 heterocycles. The highest BCUT2D eigenvalue weighted by Gasteiger charge is 2.29. The zero-order valence-electron chi connectivity index (χ0n) is 19.6. The Balaban J connectivity index is 1.56. The highest BCUT2D eigenvalue weighted by Crippen LogP contribution is 2.24. The number of aromatic nitrogens is 2. The number of piperazine rings is 2. The Morgan fingerprint density at radius 1 is 1.12 bits per heavy atom. The predicted molar refractivity (Wildman–Crippen MR) is 129 cm³/mol. The van der Waals surface area contributed by atoms with Gasteiger partial charge in [0.15, 0.2) is 5.16 Å². The molecule has 33 heavy (non-hydrogen) atoms. The molecular formula is C21H32ClN7O3S. The maximum absolute atomic E-state index is 12.6. The summed E-state index contributed by atoms with van der Waals surface area (Å²) in [5.74, 6) is 0.925. The van der Waals surface area contributed by atoms with Gasteiger partial charge in [-0.05, 0) is 20.8 Å². The third-order valence-electron chi connectivity index (χ3n) is 5.69. The van der Waals surface area contributed by atoms with Crippen LogP contribution in [0.25, 0.3) is 0 Å². The number of thioether (sulfide) groups is 1. The SMILES string of the molecule is CC(=O)N1CCN(C(=O)CSc2nc(Cl)cc(N3CCN(C(=O)NC(C)C)C(C)C3)n2)CC1. The van der Waals surface area contributed by atoms with E-state index in [1.54, 1.807) is 22.8 Å². The molecule has 0 saturated carbocycles. The van der Waals surface area contributed by atoms with Crippen molar-refractivity contribution in [1.82, 2.24) is 30.0 Å². The summed E-state index contributed by atoms with van der Waals surface area (Å²) in [6.45, 7) is 11.5. The normalized spacial score (nSPS) is 19.2. The molecule has 1 atom stereocenters. The van der Waals surface area contributed by atoms with Crippen molar-refractivity contribution in [2.45, 2.75) is 44.9 Å². The van der Waals surface area contributed by atoms with Gasteiger partial charge in [0, 0.05) is 70.9 Å². The first-order valence-electron chi connectivity index (χ1n) is 11.2. The van der Waals surface area contributed by atoms with Gasteiger partial charge < -0.3 is 24.9 Å². The van der Waals surface area contributed by atoms with Crippen molar-refractivity contribution in [2.75, 3.05) is 56.5 Å². The van der Waals surface area contributed by atoms with Crippen molar-refractivity contribution >= 4 is 47.0 Å². The van der Waals surface area contributed by atoms with Gasteiger partial charge in [-0.2, -0.15) is 0 Å². The average molecular weight is 498 g/mol. The monoisotopic (exact) mass is 497 g/mol. The average Bonchev–Trinajstić information content (AvgIpc) is 2.76. The van der Waals surface area contributed by atoms with Crippen molar-refractivity contribution in [3.8, 4) is 0 Å². The number of urea groups is 1. The van der Waals surface area contributed by atoms with Crippen LogP contribution in [0.2, 0.25) is 5.15 Å². The molecule has 182 valence electrons. The molecule has 1 aromatic heterocycles. The molecule has 1 aromatic rings. The highest BCUT2D eigenvalue weighted by molar-refractivity contribution is 7.99. The summed E-state index contributed by atoms with van der Waals surface area (Å²) >= 11 is 7.51.